The first-order valence-corrected chi connectivity index (χ1v) is 11.7. The lowest BCUT2D eigenvalue weighted by Crippen LogP contribution is -2.26. The number of halogens is 2. The van der Waals surface area contributed by atoms with Gasteiger partial charge in [-0.05, 0) is 63.8 Å². The van der Waals surface area contributed by atoms with Gasteiger partial charge in [-0.15, -0.1) is 0 Å². The van der Waals surface area contributed by atoms with Crippen LogP contribution in [-0.2, 0) is 4.74 Å². The lowest BCUT2D eigenvalue weighted by molar-refractivity contribution is -0.0511. The van der Waals surface area contributed by atoms with Gasteiger partial charge >= 0.3 is 0 Å². The predicted octanol–water partition coefficient (Wildman–Crippen LogP) is 5.83. The van der Waals surface area contributed by atoms with Gasteiger partial charge in [-0.25, -0.2) is 23.7 Å². The Bertz CT molecular complexity index is 1380. The normalized spacial score (nSPS) is 22.9. The number of aromatic nitrogens is 5. The van der Waals surface area contributed by atoms with Gasteiger partial charge in [-0.3, -0.25) is 4.68 Å². The zero-order valence-corrected chi connectivity index (χ0v) is 19.1. The second kappa shape index (κ2) is 8.20. The lowest BCUT2D eigenvalue weighted by Gasteiger charge is -2.33. The summed E-state index contributed by atoms with van der Waals surface area (Å²) in [4.78, 5) is 14.2. The van der Waals surface area contributed by atoms with E-state index in [0.29, 0.717) is 35.0 Å². The summed E-state index contributed by atoms with van der Waals surface area (Å²) >= 11 is 0. The summed E-state index contributed by atoms with van der Waals surface area (Å²) < 4.78 is 36.7. The van der Waals surface area contributed by atoms with E-state index in [1.54, 1.807) is 0 Å². The Morgan fingerprint density at radius 3 is 2.68 bits per heavy atom. The third-order valence-corrected chi connectivity index (χ3v) is 6.69. The molecule has 0 amide bonds. The Morgan fingerprint density at radius 2 is 1.88 bits per heavy atom. The van der Waals surface area contributed by atoms with Gasteiger partial charge in [0.2, 0.25) is 0 Å². The van der Waals surface area contributed by atoms with Crippen LogP contribution in [0, 0.1) is 18.6 Å². The van der Waals surface area contributed by atoms with Crippen molar-refractivity contribution in [3.8, 4) is 11.3 Å². The molecule has 1 aliphatic heterocycles. The molecule has 6 nitrogen and oxygen atoms in total. The molecule has 0 N–H and O–H groups in total. The second-order valence-electron chi connectivity index (χ2n) is 9.47. The van der Waals surface area contributed by atoms with Crippen LogP contribution in [0.15, 0.2) is 42.7 Å². The number of ether oxygens (including phenoxy) is 1. The molecule has 0 spiro atoms. The van der Waals surface area contributed by atoms with Crippen molar-refractivity contribution in [2.24, 2.45) is 0 Å². The zero-order valence-electron chi connectivity index (χ0n) is 19.1. The van der Waals surface area contributed by atoms with Crippen LogP contribution in [0.25, 0.3) is 22.3 Å². The van der Waals surface area contributed by atoms with Crippen LogP contribution >= 0.6 is 0 Å². The number of nitrogens with zero attached hydrogens (tertiary/aromatic N) is 5. The zero-order chi connectivity index (χ0) is 23.4. The topological polar surface area (TPSA) is 65.7 Å². The van der Waals surface area contributed by atoms with E-state index in [-0.39, 0.29) is 23.7 Å². The highest BCUT2D eigenvalue weighted by atomic mass is 19.1. The highest BCUT2D eigenvalue weighted by Gasteiger charge is 2.33. The fourth-order valence-electron chi connectivity index (χ4n) is 4.82. The van der Waals surface area contributed by atoms with Crippen molar-refractivity contribution in [3.63, 3.8) is 0 Å². The molecule has 4 aromatic rings. The molecule has 0 radical (unpaired) electrons. The number of pyridine rings is 1. The number of hydrogen-bond donors (Lipinski definition) is 0. The summed E-state index contributed by atoms with van der Waals surface area (Å²) in [6, 6.07) is 7.77. The monoisotopic (exact) mass is 461 g/mol. The highest BCUT2D eigenvalue weighted by Crippen LogP contribution is 2.41. The molecule has 1 aliphatic carbocycles. The van der Waals surface area contributed by atoms with Crippen molar-refractivity contribution in [2.45, 2.75) is 63.7 Å². The van der Waals surface area contributed by atoms with Gasteiger partial charge < -0.3 is 4.74 Å². The summed E-state index contributed by atoms with van der Waals surface area (Å²) in [5.41, 5.74) is 3.06. The first-order valence-electron chi connectivity index (χ1n) is 11.7. The van der Waals surface area contributed by atoms with Crippen LogP contribution in [0.2, 0.25) is 0 Å². The molecule has 3 atom stereocenters. The third kappa shape index (κ3) is 3.96. The largest absolute Gasteiger partial charge is 0.370 e. The minimum Gasteiger partial charge on any atom is -0.370 e. The summed E-state index contributed by atoms with van der Waals surface area (Å²) in [5.74, 6) is -0.662. The SMILES string of the molecule is Cc1ccc2c(-c3ccc(F)cc3F)nc([C@H]3C[C@@H](C)O[C@@H](c4cnn(C5CC5)c4)C3)nc2n1. The maximum absolute atomic E-state index is 14.8. The molecule has 2 aliphatic rings. The summed E-state index contributed by atoms with van der Waals surface area (Å²) in [5, 5.41) is 5.16. The number of rotatable bonds is 4. The van der Waals surface area contributed by atoms with Crippen LogP contribution in [-0.4, -0.2) is 30.8 Å². The Labute approximate surface area is 196 Å². The van der Waals surface area contributed by atoms with Crippen molar-refractivity contribution in [1.82, 2.24) is 24.7 Å². The molecule has 3 aromatic heterocycles. The van der Waals surface area contributed by atoms with Crippen LogP contribution < -0.4 is 0 Å². The van der Waals surface area contributed by atoms with E-state index in [2.05, 4.69) is 23.2 Å². The van der Waals surface area contributed by atoms with E-state index >= 15 is 0 Å². The quantitative estimate of drug-likeness (QED) is 0.382. The molecule has 8 heteroatoms. The van der Waals surface area contributed by atoms with Crippen LogP contribution in [0.3, 0.4) is 0 Å². The van der Waals surface area contributed by atoms with Crippen LogP contribution in [0.5, 0.6) is 0 Å². The minimum absolute atomic E-state index is 0.00352. The molecule has 4 heterocycles. The number of aryl methyl sites for hydroxylation is 1. The third-order valence-electron chi connectivity index (χ3n) is 6.69. The van der Waals surface area contributed by atoms with E-state index in [9.17, 15) is 8.78 Å². The molecule has 1 aromatic carbocycles. The average molecular weight is 462 g/mol. The van der Waals surface area contributed by atoms with Crippen molar-refractivity contribution in [1.29, 1.82) is 0 Å². The molecule has 0 unspecified atom stereocenters. The molecule has 2 fully saturated rings. The molecule has 1 saturated carbocycles. The maximum Gasteiger partial charge on any atom is 0.163 e. The summed E-state index contributed by atoms with van der Waals surface area (Å²) in [6.07, 6.45) is 7.66. The van der Waals surface area contributed by atoms with Gasteiger partial charge in [0.1, 0.15) is 17.5 Å². The van der Waals surface area contributed by atoms with Crippen LogP contribution in [0.4, 0.5) is 8.78 Å². The minimum atomic E-state index is -0.655. The number of benzene rings is 1. The highest BCUT2D eigenvalue weighted by molar-refractivity contribution is 5.90. The fraction of sp³-hybridized carbons (Fsp3) is 0.385. The van der Waals surface area contributed by atoms with Crippen LogP contribution in [0.1, 0.15) is 67.8 Å². The molecule has 0 bridgehead atoms. The Kier molecular flexibility index (Phi) is 5.13. The van der Waals surface area contributed by atoms with Gasteiger partial charge in [-0.1, -0.05) is 0 Å². The van der Waals surface area contributed by atoms with E-state index < -0.39 is 11.6 Å². The molecule has 34 heavy (non-hydrogen) atoms. The second-order valence-corrected chi connectivity index (χ2v) is 9.47. The summed E-state index contributed by atoms with van der Waals surface area (Å²) in [7, 11) is 0. The lowest BCUT2D eigenvalue weighted by atomic mass is 9.89. The van der Waals surface area contributed by atoms with Gasteiger partial charge in [-0.2, -0.15) is 5.10 Å². The Hall–Kier alpha value is -3.26. The Morgan fingerprint density at radius 1 is 1.03 bits per heavy atom. The average Bonchev–Trinajstić information content (AvgIpc) is 3.54. The van der Waals surface area contributed by atoms with Crippen molar-refractivity contribution < 1.29 is 13.5 Å². The summed E-state index contributed by atoms with van der Waals surface area (Å²) in [6.45, 7) is 3.94. The van der Waals surface area contributed by atoms with Gasteiger partial charge in [0, 0.05) is 40.4 Å². The van der Waals surface area contributed by atoms with Crippen molar-refractivity contribution >= 4 is 11.0 Å². The molecule has 6 rings (SSSR count). The molecular weight excluding hydrogens is 436 g/mol. The smallest absolute Gasteiger partial charge is 0.163 e. The first kappa shape index (κ1) is 21.3. The molecule has 1 saturated heterocycles. The maximum atomic E-state index is 14.8. The molecule has 174 valence electrons. The van der Waals surface area contributed by atoms with Gasteiger partial charge in [0.15, 0.2) is 5.65 Å². The van der Waals surface area contributed by atoms with Crippen molar-refractivity contribution in [3.05, 3.63) is 71.4 Å². The fourth-order valence-corrected chi connectivity index (χ4v) is 4.82. The first-order chi connectivity index (χ1) is 16.4. The van der Waals surface area contributed by atoms with E-state index in [4.69, 9.17) is 14.7 Å². The standard InChI is InChI=1S/C26H25F2N5O/c1-14-3-7-21-24(20-8-4-18(27)11-22(20)28)31-25(32-26(21)30-14)16-9-15(2)34-23(10-16)17-12-29-33(13-17)19-5-6-19/h3-4,7-8,11-13,15-16,19,23H,5-6,9-10H2,1-2H3/t15-,16+,23-/m1/s1. The Balaban J connectivity index is 1.41. The predicted molar refractivity (Wildman–Crippen MR) is 123 cm³/mol. The van der Waals surface area contributed by atoms with Crippen molar-refractivity contribution in [2.75, 3.05) is 0 Å². The number of hydrogen-bond acceptors (Lipinski definition) is 5. The molecular formula is C26H25F2N5O. The number of fused-ring (bicyclic) bond motifs is 1. The van der Waals surface area contributed by atoms with E-state index in [0.717, 1.165) is 23.7 Å². The van der Waals surface area contributed by atoms with Gasteiger partial charge in [0.05, 0.1) is 30.1 Å². The van der Waals surface area contributed by atoms with E-state index in [1.165, 1.54) is 25.0 Å². The van der Waals surface area contributed by atoms with Gasteiger partial charge in [0.25, 0.3) is 0 Å². The van der Waals surface area contributed by atoms with E-state index in [1.807, 2.05) is 29.9 Å².